The summed E-state index contributed by atoms with van der Waals surface area (Å²) in [5.41, 5.74) is 1.18. The Morgan fingerprint density at radius 2 is 1.50 bits per heavy atom. The van der Waals surface area contributed by atoms with Crippen LogP contribution in [0, 0.1) is 0 Å². The van der Waals surface area contributed by atoms with E-state index in [1.165, 1.54) is 0 Å². The Morgan fingerprint density at radius 3 is 2.05 bits per heavy atom. The summed E-state index contributed by atoms with van der Waals surface area (Å²) in [5.74, 6) is 0.110. The lowest BCUT2D eigenvalue weighted by Gasteiger charge is -2.31. The van der Waals surface area contributed by atoms with Crippen molar-refractivity contribution in [3.8, 4) is 0 Å². The first-order valence-corrected chi connectivity index (χ1v) is 7.38. The second-order valence-electron chi connectivity index (χ2n) is 4.96. The van der Waals surface area contributed by atoms with Crippen LogP contribution in [-0.2, 0) is 5.41 Å². The maximum absolute atomic E-state index is 13.1. The molecule has 0 unspecified atom stereocenters. The number of hydrogen-bond donors (Lipinski definition) is 0. The van der Waals surface area contributed by atoms with Crippen LogP contribution in [-0.4, -0.2) is 5.78 Å². The molecular weight excluding hydrogens is 268 g/mol. The minimum Gasteiger partial charge on any atom is -0.293 e. The normalized spacial score (nSPS) is 11.3. The lowest BCUT2D eigenvalue weighted by Crippen LogP contribution is -2.35. The van der Waals surface area contributed by atoms with Crippen molar-refractivity contribution in [3.05, 3.63) is 70.7 Å². The third-order valence-electron chi connectivity index (χ3n) is 4.09. The van der Waals surface area contributed by atoms with Crippen molar-refractivity contribution in [2.45, 2.75) is 32.1 Å². The molecular formula is C18H19ClO. The Morgan fingerprint density at radius 1 is 0.950 bits per heavy atom. The van der Waals surface area contributed by atoms with Gasteiger partial charge in [0.05, 0.1) is 10.4 Å². The maximum Gasteiger partial charge on any atom is 0.174 e. The summed E-state index contributed by atoms with van der Waals surface area (Å²) in [6, 6.07) is 17.3. The second-order valence-corrected chi connectivity index (χ2v) is 5.37. The summed E-state index contributed by atoms with van der Waals surface area (Å²) >= 11 is 6.21. The first-order valence-electron chi connectivity index (χ1n) is 7.00. The number of halogens is 1. The Labute approximate surface area is 125 Å². The molecule has 0 amide bonds. The van der Waals surface area contributed by atoms with Crippen molar-refractivity contribution >= 4 is 17.4 Å². The zero-order valence-electron chi connectivity index (χ0n) is 11.9. The molecule has 0 heterocycles. The molecule has 0 bridgehead atoms. The lowest BCUT2D eigenvalue weighted by atomic mass is 9.70. The van der Waals surface area contributed by atoms with E-state index in [-0.39, 0.29) is 5.78 Å². The van der Waals surface area contributed by atoms with Gasteiger partial charge < -0.3 is 0 Å². The standard InChI is InChI=1S/C18H19ClO/c1-3-18(4-2,14-10-6-5-7-11-14)17(20)15-12-8-9-13-16(15)19/h5-13H,3-4H2,1-2H3. The van der Waals surface area contributed by atoms with Gasteiger partial charge in [0, 0.05) is 5.56 Å². The van der Waals surface area contributed by atoms with Gasteiger partial charge in [-0.25, -0.2) is 0 Å². The molecule has 0 spiro atoms. The van der Waals surface area contributed by atoms with Gasteiger partial charge in [0.25, 0.3) is 0 Å². The number of carbonyl (C=O) groups excluding carboxylic acids is 1. The number of rotatable bonds is 5. The smallest absolute Gasteiger partial charge is 0.174 e. The summed E-state index contributed by atoms with van der Waals surface area (Å²) < 4.78 is 0. The van der Waals surface area contributed by atoms with Crippen LogP contribution in [0.4, 0.5) is 0 Å². The summed E-state index contributed by atoms with van der Waals surface area (Å²) in [7, 11) is 0. The van der Waals surface area contributed by atoms with Gasteiger partial charge in [0.2, 0.25) is 0 Å². The lowest BCUT2D eigenvalue weighted by molar-refractivity contribution is 0.0873. The molecule has 0 atom stereocenters. The highest BCUT2D eigenvalue weighted by atomic mass is 35.5. The van der Waals surface area contributed by atoms with Crippen LogP contribution in [0.2, 0.25) is 5.02 Å². The molecule has 0 aromatic heterocycles. The molecule has 0 saturated heterocycles. The van der Waals surface area contributed by atoms with Gasteiger partial charge in [-0.3, -0.25) is 4.79 Å². The van der Waals surface area contributed by atoms with Crippen molar-refractivity contribution < 1.29 is 4.79 Å². The Hall–Kier alpha value is -1.60. The molecule has 0 fully saturated rings. The van der Waals surface area contributed by atoms with Gasteiger partial charge in [-0.05, 0) is 30.5 Å². The van der Waals surface area contributed by atoms with Crippen LogP contribution < -0.4 is 0 Å². The number of hydrogen-bond acceptors (Lipinski definition) is 1. The molecule has 0 aliphatic rings. The molecule has 2 heteroatoms. The van der Waals surface area contributed by atoms with Crippen molar-refractivity contribution in [2.24, 2.45) is 0 Å². The van der Waals surface area contributed by atoms with Crippen LogP contribution in [0.25, 0.3) is 0 Å². The fourth-order valence-corrected chi connectivity index (χ4v) is 2.99. The highest BCUT2D eigenvalue weighted by molar-refractivity contribution is 6.34. The van der Waals surface area contributed by atoms with E-state index in [9.17, 15) is 4.79 Å². The predicted molar refractivity (Wildman–Crippen MR) is 84.5 cm³/mol. The predicted octanol–water partition coefficient (Wildman–Crippen LogP) is 5.28. The Balaban J connectivity index is 2.54. The summed E-state index contributed by atoms with van der Waals surface area (Å²) in [6.45, 7) is 4.12. The van der Waals surface area contributed by atoms with E-state index >= 15 is 0 Å². The minimum absolute atomic E-state index is 0.110. The van der Waals surface area contributed by atoms with Gasteiger partial charge in [0.15, 0.2) is 5.78 Å². The van der Waals surface area contributed by atoms with Crippen LogP contribution in [0.1, 0.15) is 42.6 Å². The molecule has 20 heavy (non-hydrogen) atoms. The SMILES string of the molecule is CCC(CC)(C(=O)c1ccccc1Cl)c1ccccc1. The van der Waals surface area contributed by atoms with Gasteiger partial charge in [-0.15, -0.1) is 0 Å². The Kier molecular flexibility index (Phi) is 4.61. The van der Waals surface area contributed by atoms with Crippen LogP contribution in [0.15, 0.2) is 54.6 Å². The van der Waals surface area contributed by atoms with Gasteiger partial charge in [0.1, 0.15) is 0 Å². The number of Topliss-reactive ketones (excluding diaryl/α,β-unsaturated/α-hetero) is 1. The first kappa shape index (κ1) is 14.8. The van der Waals surface area contributed by atoms with Crippen LogP contribution in [0.5, 0.6) is 0 Å². The molecule has 2 aromatic rings. The van der Waals surface area contributed by atoms with Crippen molar-refractivity contribution in [1.29, 1.82) is 0 Å². The highest BCUT2D eigenvalue weighted by Gasteiger charge is 2.37. The quantitative estimate of drug-likeness (QED) is 0.683. The van der Waals surface area contributed by atoms with Gasteiger partial charge in [-0.1, -0.05) is 67.9 Å². The molecule has 1 nitrogen and oxygen atoms in total. The van der Waals surface area contributed by atoms with E-state index in [0.717, 1.165) is 18.4 Å². The van der Waals surface area contributed by atoms with Gasteiger partial charge >= 0.3 is 0 Å². The van der Waals surface area contributed by atoms with E-state index < -0.39 is 5.41 Å². The second kappa shape index (κ2) is 6.23. The van der Waals surface area contributed by atoms with E-state index in [1.807, 2.05) is 48.5 Å². The molecule has 2 aromatic carbocycles. The van der Waals surface area contributed by atoms with E-state index in [4.69, 9.17) is 11.6 Å². The number of carbonyl (C=O) groups is 1. The van der Waals surface area contributed by atoms with Crippen LogP contribution >= 0.6 is 11.6 Å². The summed E-state index contributed by atoms with van der Waals surface area (Å²) in [6.07, 6.45) is 1.52. The third-order valence-corrected chi connectivity index (χ3v) is 4.42. The fraction of sp³-hybridized carbons (Fsp3) is 0.278. The molecule has 0 aliphatic carbocycles. The van der Waals surface area contributed by atoms with Crippen molar-refractivity contribution in [2.75, 3.05) is 0 Å². The molecule has 0 aliphatic heterocycles. The van der Waals surface area contributed by atoms with E-state index in [0.29, 0.717) is 10.6 Å². The van der Waals surface area contributed by atoms with E-state index in [2.05, 4.69) is 13.8 Å². The Bertz CT molecular complexity index is 585. The molecule has 0 radical (unpaired) electrons. The van der Waals surface area contributed by atoms with Crippen LogP contribution in [0.3, 0.4) is 0 Å². The molecule has 0 saturated carbocycles. The number of benzene rings is 2. The average molecular weight is 287 g/mol. The number of ketones is 1. The maximum atomic E-state index is 13.1. The highest BCUT2D eigenvalue weighted by Crippen LogP contribution is 2.36. The molecule has 104 valence electrons. The molecule has 2 rings (SSSR count). The minimum atomic E-state index is -0.494. The average Bonchev–Trinajstić information content (AvgIpc) is 2.50. The summed E-state index contributed by atoms with van der Waals surface area (Å²) in [5, 5.41) is 0.528. The van der Waals surface area contributed by atoms with Crippen molar-refractivity contribution in [1.82, 2.24) is 0 Å². The third kappa shape index (κ3) is 2.51. The topological polar surface area (TPSA) is 17.1 Å². The zero-order chi connectivity index (χ0) is 14.6. The summed E-state index contributed by atoms with van der Waals surface area (Å²) in [4.78, 5) is 13.1. The fourth-order valence-electron chi connectivity index (χ4n) is 2.77. The monoisotopic (exact) mass is 286 g/mol. The molecule has 0 N–H and O–H groups in total. The first-order chi connectivity index (χ1) is 9.65. The van der Waals surface area contributed by atoms with Gasteiger partial charge in [-0.2, -0.15) is 0 Å². The van der Waals surface area contributed by atoms with Crippen molar-refractivity contribution in [3.63, 3.8) is 0 Å². The zero-order valence-corrected chi connectivity index (χ0v) is 12.7. The van der Waals surface area contributed by atoms with E-state index in [1.54, 1.807) is 6.07 Å². The largest absolute Gasteiger partial charge is 0.293 e.